The SMILES string of the molecule is C=C.C=Cc1cccc(S(=O)(=O)O)c1C=C. The Labute approximate surface area is 96.2 Å². The molecule has 0 unspecified atom stereocenters. The molecule has 0 aromatic heterocycles. The predicted octanol–water partition coefficient (Wildman–Crippen LogP) is 3.02. The van der Waals surface area contributed by atoms with Gasteiger partial charge in [-0.1, -0.05) is 37.4 Å². The lowest BCUT2D eigenvalue weighted by Gasteiger charge is -2.05. The monoisotopic (exact) mass is 238 g/mol. The molecule has 1 aromatic rings. The zero-order chi connectivity index (χ0) is 12.8. The smallest absolute Gasteiger partial charge is 0.282 e. The van der Waals surface area contributed by atoms with E-state index >= 15 is 0 Å². The highest BCUT2D eigenvalue weighted by molar-refractivity contribution is 7.85. The van der Waals surface area contributed by atoms with Crippen LogP contribution in [0.3, 0.4) is 0 Å². The summed E-state index contributed by atoms with van der Waals surface area (Å²) in [6.07, 6.45) is 2.88. The average Bonchev–Trinajstić information content (AvgIpc) is 2.29. The standard InChI is InChI=1S/C10H10O3S.C2H4/c1-3-8-6-5-7-10(9(8)4-2)14(11,12)13;1-2/h3-7H,1-2H2,(H,11,12,13);1-2H2. The Bertz CT molecular complexity index is 487. The Morgan fingerprint density at radius 3 is 2.06 bits per heavy atom. The van der Waals surface area contributed by atoms with Gasteiger partial charge in [-0.15, -0.1) is 13.2 Å². The molecule has 0 radical (unpaired) electrons. The fourth-order valence-corrected chi connectivity index (χ4v) is 1.91. The van der Waals surface area contributed by atoms with Crippen LogP contribution in [0.5, 0.6) is 0 Å². The van der Waals surface area contributed by atoms with Gasteiger partial charge in [0.25, 0.3) is 10.1 Å². The maximum Gasteiger partial charge on any atom is 0.295 e. The Morgan fingerprint density at radius 1 is 1.12 bits per heavy atom. The van der Waals surface area contributed by atoms with Crippen molar-refractivity contribution in [3.8, 4) is 0 Å². The molecule has 0 aliphatic rings. The van der Waals surface area contributed by atoms with Gasteiger partial charge in [-0.3, -0.25) is 4.55 Å². The van der Waals surface area contributed by atoms with Gasteiger partial charge in [0.15, 0.2) is 0 Å². The van der Waals surface area contributed by atoms with E-state index in [0.29, 0.717) is 11.1 Å². The summed E-state index contributed by atoms with van der Waals surface area (Å²) in [6.45, 7) is 13.0. The fraction of sp³-hybridized carbons (Fsp3) is 0. The summed E-state index contributed by atoms with van der Waals surface area (Å²) in [5.41, 5.74) is 0.986. The molecule has 0 spiro atoms. The summed E-state index contributed by atoms with van der Waals surface area (Å²) in [6, 6.07) is 4.55. The molecule has 0 saturated carbocycles. The summed E-state index contributed by atoms with van der Waals surface area (Å²) in [7, 11) is -4.20. The van der Waals surface area contributed by atoms with Crippen LogP contribution in [0.15, 0.2) is 49.4 Å². The third kappa shape index (κ3) is 3.18. The van der Waals surface area contributed by atoms with Crippen molar-refractivity contribution < 1.29 is 13.0 Å². The van der Waals surface area contributed by atoms with E-state index in [-0.39, 0.29) is 4.90 Å². The molecule has 0 saturated heterocycles. The molecule has 0 aliphatic carbocycles. The van der Waals surface area contributed by atoms with E-state index in [1.807, 2.05) is 0 Å². The van der Waals surface area contributed by atoms with Gasteiger partial charge < -0.3 is 0 Å². The Hall–Kier alpha value is -1.65. The topological polar surface area (TPSA) is 54.4 Å². The Kier molecular flexibility index (Phi) is 5.42. The molecule has 0 fully saturated rings. The van der Waals surface area contributed by atoms with Crippen molar-refractivity contribution in [2.24, 2.45) is 0 Å². The van der Waals surface area contributed by atoms with Crippen molar-refractivity contribution >= 4 is 22.3 Å². The first kappa shape index (κ1) is 14.3. The number of hydrogen-bond acceptors (Lipinski definition) is 2. The van der Waals surface area contributed by atoms with E-state index in [1.54, 1.807) is 6.07 Å². The van der Waals surface area contributed by atoms with Crippen LogP contribution in [0.1, 0.15) is 11.1 Å². The van der Waals surface area contributed by atoms with Gasteiger partial charge in [0.05, 0.1) is 0 Å². The van der Waals surface area contributed by atoms with Crippen LogP contribution >= 0.6 is 0 Å². The quantitative estimate of drug-likeness (QED) is 0.650. The van der Waals surface area contributed by atoms with Crippen molar-refractivity contribution in [1.29, 1.82) is 0 Å². The van der Waals surface area contributed by atoms with Crippen molar-refractivity contribution in [3.05, 3.63) is 55.6 Å². The zero-order valence-corrected chi connectivity index (χ0v) is 9.70. The average molecular weight is 238 g/mol. The minimum absolute atomic E-state index is 0.148. The Balaban J connectivity index is 0.00000106. The summed E-state index contributed by atoms with van der Waals surface area (Å²) < 4.78 is 30.8. The van der Waals surface area contributed by atoms with Gasteiger partial charge >= 0.3 is 0 Å². The molecule has 16 heavy (non-hydrogen) atoms. The van der Waals surface area contributed by atoms with Crippen LogP contribution in [0.25, 0.3) is 12.2 Å². The normalized spacial score (nSPS) is 9.81. The zero-order valence-electron chi connectivity index (χ0n) is 8.89. The second kappa shape index (κ2) is 6.05. The molecule has 1 aromatic carbocycles. The van der Waals surface area contributed by atoms with Crippen LogP contribution in [0, 0.1) is 0 Å². The van der Waals surface area contributed by atoms with Gasteiger partial charge in [-0.25, -0.2) is 0 Å². The van der Waals surface area contributed by atoms with Gasteiger partial charge in [0.2, 0.25) is 0 Å². The van der Waals surface area contributed by atoms with E-state index in [9.17, 15) is 8.42 Å². The van der Waals surface area contributed by atoms with E-state index in [1.165, 1.54) is 24.3 Å². The first-order chi connectivity index (χ1) is 7.50. The van der Waals surface area contributed by atoms with Crippen LogP contribution in [-0.4, -0.2) is 13.0 Å². The number of rotatable bonds is 3. The molecule has 4 heteroatoms. The molecule has 1 N–H and O–H groups in total. The Morgan fingerprint density at radius 2 is 1.69 bits per heavy atom. The molecule has 0 amide bonds. The minimum Gasteiger partial charge on any atom is -0.282 e. The first-order valence-electron chi connectivity index (χ1n) is 4.36. The lowest BCUT2D eigenvalue weighted by Crippen LogP contribution is -2.01. The summed E-state index contributed by atoms with van der Waals surface area (Å²) in [4.78, 5) is -0.148. The van der Waals surface area contributed by atoms with E-state index in [4.69, 9.17) is 4.55 Å². The van der Waals surface area contributed by atoms with Crippen LogP contribution in [-0.2, 0) is 10.1 Å². The van der Waals surface area contributed by atoms with Crippen molar-refractivity contribution in [2.45, 2.75) is 4.90 Å². The van der Waals surface area contributed by atoms with Crippen molar-refractivity contribution in [1.82, 2.24) is 0 Å². The maximum absolute atomic E-state index is 11.0. The molecule has 0 heterocycles. The summed E-state index contributed by atoms with van der Waals surface area (Å²) in [5, 5.41) is 0. The van der Waals surface area contributed by atoms with Crippen LogP contribution in [0.2, 0.25) is 0 Å². The van der Waals surface area contributed by atoms with Crippen molar-refractivity contribution in [3.63, 3.8) is 0 Å². The van der Waals surface area contributed by atoms with Gasteiger partial charge in [0.1, 0.15) is 4.90 Å². The van der Waals surface area contributed by atoms with Crippen LogP contribution < -0.4 is 0 Å². The molecule has 0 bridgehead atoms. The number of benzene rings is 1. The highest BCUT2D eigenvalue weighted by atomic mass is 32.2. The molecule has 0 aliphatic heterocycles. The second-order valence-electron chi connectivity index (χ2n) is 2.64. The molecular formula is C12H14O3S. The first-order valence-corrected chi connectivity index (χ1v) is 5.80. The summed E-state index contributed by atoms with van der Waals surface area (Å²) >= 11 is 0. The largest absolute Gasteiger partial charge is 0.295 e. The fourth-order valence-electron chi connectivity index (χ4n) is 1.18. The molecule has 3 nitrogen and oxygen atoms in total. The highest BCUT2D eigenvalue weighted by Gasteiger charge is 2.14. The van der Waals surface area contributed by atoms with Gasteiger partial charge in [-0.05, 0) is 11.6 Å². The molecular weight excluding hydrogens is 224 g/mol. The highest BCUT2D eigenvalue weighted by Crippen LogP contribution is 2.21. The van der Waals surface area contributed by atoms with E-state index in [0.717, 1.165) is 0 Å². The van der Waals surface area contributed by atoms with Crippen LogP contribution in [0.4, 0.5) is 0 Å². The van der Waals surface area contributed by atoms with Crippen molar-refractivity contribution in [2.75, 3.05) is 0 Å². The van der Waals surface area contributed by atoms with E-state index in [2.05, 4.69) is 26.3 Å². The molecule has 86 valence electrons. The summed E-state index contributed by atoms with van der Waals surface area (Å²) in [5.74, 6) is 0. The van der Waals surface area contributed by atoms with Gasteiger partial charge in [-0.2, -0.15) is 8.42 Å². The van der Waals surface area contributed by atoms with Gasteiger partial charge in [0, 0.05) is 5.56 Å². The number of hydrogen-bond donors (Lipinski definition) is 1. The predicted molar refractivity (Wildman–Crippen MR) is 67.7 cm³/mol. The second-order valence-corrected chi connectivity index (χ2v) is 4.03. The third-order valence-corrected chi connectivity index (χ3v) is 2.71. The lowest BCUT2D eigenvalue weighted by atomic mass is 10.1. The lowest BCUT2D eigenvalue weighted by molar-refractivity contribution is 0.483. The molecule has 1 rings (SSSR count). The maximum atomic E-state index is 11.0. The molecule has 0 atom stereocenters. The van der Waals surface area contributed by atoms with E-state index < -0.39 is 10.1 Å². The minimum atomic E-state index is -4.20. The third-order valence-electron chi connectivity index (χ3n) is 1.80.